The average Bonchev–Trinajstić information content (AvgIpc) is 2.24. The van der Waals surface area contributed by atoms with Crippen molar-refractivity contribution in [1.29, 1.82) is 0 Å². The van der Waals surface area contributed by atoms with Gasteiger partial charge >= 0.3 is 12.1 Å². The lowest BCUT2D eigenvalue weighted by Gasteiger charge is -2.42. The van der Waals surface area contributed by atoms with Crippen molar-refractivity contribution in [2.75, 3.05) is 0 Å². The van der Waals surface area contributed by atoms with E-state index < -0.39 is 5.79 Å². The number of amides is 4. The molecule has 0 fully saturated rings. The highest BCUT2D eigenvalue weighted by Crippen LogP contribution is 2.13. The second kappa shape index (κ2) is 9.02. The molecule has 0 aliphatic rings. The highest BCUT2D eigenvalue weighted by Gasteiger charge is 2.32. The minimum Gasteiger partial charge on any atom is -0.336 e. The first-order valence-electron chi connectivity index (χ1n) is 7.87. The molecule has 0 atom stereocenters. The Morgan fingerprint density at radius 1 is 0.727 bits per heavy atom. The maximum Gasteiger partial charge on any atom is 0.319 e. The Hall–Kier alpha value is -1.24. The topological polar surface area (TPSA) is 64.7 Å². The molecule has 0 unspecified atom stereocenters. The van der Waals surface area contributed by atoms with Gasteiger partial charge in [0.05, 0.1) is 16.0 Å². The summed E-state index contributed by atoms with van der Waals surface area (Å²) in [6, 6.07) is -0.459. The molecule has 0 rings (SSSR count). The van der Waals surface area contributed by atoms with Gasteiger partial charge in [-0.2, -0.15) is 0 Å². The number of nitrogens with zero attached hydrogens (tertiary/aromatic N) is 2. The molecule has 22 heavy (non-hydrogen) atoms. The Bertz CT molecular complexity index is 339. The molecule has 0 aromatic heterocycles. The summed E-state index contributed by atoms with van der Waals surface area (Å²) in [6.45, 7) is 15.3. The van der Waals surface area contributed by atoms with Crippen LogP contribution >= 0.6 is 0 Å². The van der Waals surface area contributed by atoms with E-state index in [9.17, 15) is 9.59 Å². The molecule has 3 radical (unpaired) electrons. The van der Waals surface area contributed by atoms with E-state index in [0.29, 0.717) is 0 Å². The Kier molecular flexibility index (Phi) is 8.51. The van der Waals surface area contributed by atoms with Crippen molar-refractivity contribution in [3.63, 3.8) is 0 Å². The molecule has 127 valence electrons. The number of carbonyl (C=O) groups is 2. The van der Waals surface area contributed by atoms with Gasteiger partial charge in [-0.1, -0.05) is 0 Å². The van der Waals surface area contributed by atoms with E-state index in [0.717, 1.165) is 0 Å². The Balaban J connectivity index is 5.33. The molecule has 0 aromatic carbocycles. The summed E-state index contributed by atoms with van der Waals surface area (Å²) in [5.41, 5.74) is 0. The standard InChI is InChI=1S/C15H31N4O2Si/c1-9(2)16-13(20)18(11(5)6)15(22)19(12(7)8)14(21)17-10(3)4/h9-12,15H,1-8H3,(H,16,20)(H,17,21). The summed E-state index contributed by atoms with van der Waals surface area (Å²) >= 11 is 0. The van der Waals surface area contributed by atoms with Gasteiger partial charge in [-0.05, 0) is 55.4 Å². The molecule has 2 N–H and O–H groups in total. The van der Waals surface area contributed by atoms with Crippen LogP contribution in [0, 0.1) is 0 Å². The van der Waals surface area contributed by atoms with Gasteiger partial charge in [-0.15, -0.1) is 0 Å². The van der Waals surface area contributed by atoms with Crippen LogP contribution in [-0.4, -0.2) is 62.1 Å². The van der Waals surface area contributed by atoms with E-state index in [2.05, 4.69) is 20.9 Å². The third-order valence-electron chi connectivity index (χ3n) is 2.93. The van der Waals surface area contributed by atoms with Gasteiger partial charge in [0.1, 0.15) is 0 Å². The molecule has 6 nitrogen and oxygen atoms in total. The second-order valence-electron chi connectivity index (χ2n) is 6.58. The molecule has 7 heteroatoms. The zero-order chi connectivity index (χ0) is 17.6. The number of rotatable bonds is 6. The zero-order valence-electron chi connectivity index (χ0n) is 15.1. The van der Waals surface area contributed by atoms with Crippen molar-refractivity contribution in [3.8, 4) is 0 Å². The fraction of sp³-hybridized carbons (Fsp3) is 0.867. The van der Waals surface area contributed by atoms with Crippen LogP contribution in [0.15, 0.2) is 0 Å². The average molecular weight is 328 g/mol. The van der Waals surface area contributed by atoms with E-state index in [1.54, 1.807) is 9.80 Å². The minimum absolute atomic E-state index is 0.0320. The molecule has 0 heterocycles. The summed E-state index contributed by atoms with van der Waals surface area (Å²) in [7, 11) is 3.58. The van der Waals surface area contributed by atoms with Crippen LogP contribution in [0.2, 0.25) is 0 Å². The Morgan fingerprint density at radius 2 is 1.00 bits per heavy atom. The molecule has 0 aromatic rings. The Morgan fingerprint density at radius 3 is 1.18 bits per heavy atom. The molecular formula is C15H31N4O2Si. The van der Waals surface area contributed by atoms with Crippen molar-refractivity contribution in [1.82, 2.24) is 20.4 Å². The fourth-order valence-electron chi connectivity index (χ4n) is 2.03. The van der Waals surface area contributed by atoms with Crippen LogP contribution in [0.25, 0.3) is 0 Å². The largest absolute Gasteiger partial charge is 0.336 e. The summed E-state index contributed by atoms with van der Waals surface area (Å²) in [5, 5.41) is 5.75. The first-order valence-corrected chi connectivity index (χ1v) is 8.45. The summed E-state index contributed by atoms with van der Waals surface area (Å²) in [4.78, 5) is 28.1. The van der Waals surface area contributed by atoms with Crippen LogP contribution in [-0.2, 0) is 0 Å². The highest BCUT2D eigenvalue weighted by atomic mass is 28.1. The lowest BCUT2D eigenvalue weighted by molar-refractivity contribution is 0.0920. The van der Waals surface area contributed by atoms with Crippen LogP contribution in [0.1, 0.15) is 55.4 Å². The van der Waals surface area contributed by atoms with Gasteiger partial charge in [0, 0.05) is 24.2 Å². The van der Waals surface area contributed by atoms with Crippen molar-refractivity contribution in [2.45, 2.75) is 85.3 Å². The molecule has 0 aliphatic heterocycles. The molecule has 0 saturated heterocycles. The van der Waals surface area contributed by atoms with Crippen molar-refractivity contribution >= 4 is 22.3 Å². The van der Waals surface area contributed by atoms with E-state index >= 15 is 0 Å². The highest BCUT2D eigenvalue weighted by molar-refractivity contribution is 6.14. The molecule has 0 spiro atoms. The maximum absolute atomic E-state index is 12.4. The third-order valence-corrected chi connectivity index (χ3v) is 3.49. The van der Waals surface area contributed by atoms with Crippen molar-refractivity contribution < 1.29 is 9.59 Å². The quantitative estimate of drug-likeness (QED) is 0.579. The van der Waals surface area contributed by atoms with E-state index in [1.165, 1.54) is 0 Å². The van der Waals surface area contributed by atoms with Gasteiger partial charge in [0.25, 0.3) is 0 Å². The SMILES string of the molecule is CC(C)NC(=O)N(C(C)C)C([Si])N(C(=O)NC(C)C)C(C)C. The zero-order valence-corrected chi connectivity index (χ0v) is 16.1. The van der Waals surface area contributed by atoms with E-state index in [1.807, 2.05) is 55.4 Å². The third kappa shape index (κ3) is 6.25. The first kappa shape index (κ1) is 20.8. The number of hydrogen-bond donors (Lipinski definition) is 2. The minimum atomic E-state index is -0.530. The number of carbonyl (C=O) groups excluding carboxylic acids is 2. The van der Waals surface area contributed by atoms with Crippen LogP contribution in [0.4, 0.5) is 9.59 Å². The fourth-order valence-corrected chi connectivity index (χ4v) is 2.86. The molecule has 0 saturated carbocycles. The smallest absolute Gasteiger partial charge is 0.319 e. The number of urea groups is 2. The summed E-state index contributed by atoms with van der Waals surface area (Å²) < 4.78 is 0. The second-order valence-corrected chi connectivity index (χ2v) is 7.10. The lowest BCUT2D eigenvalue weighted by atomic mass is 10.3. The van der Waals surface area contributed by atoms with E-state index in [4.69, 9.17) is 0 Å². The number of hydrogen-bond acceptors (Lipinski definition) is 2. The Labute approximate surface area is 138 Å². The van der Waals surface area contributed by atoms with Gasteiger partial charge in [0.15, 0.2) is 0 Å². The van der Waals surface area contributed by atoms with Crippen molar-refractivity contribution in [3.05, 3.63) is 0 Å². The predicted octanol–water partition coefficient (Wildman–Crippen LogP) is 2.10. The number of nitrogens with one attached hydrogen (secondary N) is 2. The van der Waals surface area contributed by atoms with Crippen LogP contribution < -0.4 is 10.6 Å². The van der Waals surface area contributed by atoms with Crippen molar-refractivity contribution in [2.24, 2.45) is 0 Å². The van der Waals surface area contributed by atoms with Gasteiger partial charge < -0.3 is 20.4 Å². The summed E-state index contributed by atoms with van der Waals surface area (Å²) in [6.07, 6.45) is 0. The van der Waals surface area contributed by atoms with E-state index in [-0.39, 0.29) is 36.2 Å². The molecular weight excluding hydrogens is 296 g/mol. The summed E-state index contributed by atoms with van der Waals surface area (Å²) in [5.74, 6) is -0.530. The molecule has 0 bridgehead atoms. The monoisotopic (exact) mass is 327 g/mol. The molecule has 4 amide bonds. The van der Waals surface area contributed by atoms with Crippen LogP contribution in [0.5, 0.6) is 0 Å². The van der Waals surface area contributed by atoms with Gasteiger partial charge in [-0.3, -0.25) is 0 Å². The molecule has 0 aliphatic carbocycles. The van der Waals surface area contributed by atoms with Gasteiger partial charge in [0.2, 0.25) is 0 Å². The first-order chi connectivity index (χ1) is 9.98. The van der Waals surface area contributed by atoms with Gasteiger partial charge in [-0.25, -0.2) is 9.59 Å². The normalized spacial score (nSPS) is 11.5. The lowest BCUT2D eigenvalue weighted by Crippen LogP contribution is -2.62. The maximum atomic E-state index is 12.4. The predicted molar refractivity (Wildman–Crippen MR) is 90.8 cm³/mol. The van der Waals surface area contributed by atoms with Crippen LogP contribution in [0.3, 0.4) is 0 Å².